The zero-order valence-corrected chi connectivity index (χ0v) is 4.43. The molecule has 0 aliphatic rings. The molecule has 0 nitrogen and oxygen atoms in total. The molecule has 0 unspecified atom stereocenters. The third-order valence-corrected chi connectivity index (χ3v) is 0. The fourth-order valence-electron chi connectivity index (χ4n) is 0. The van der Waals surface area contributed by atoms with Crippen LogP contribution in [0.5, 0.6) is 0 Å². The third kappa shape index (κ3) is 18500. The van der Waals surface area contributed by atoms with Gasteiger partial charge in [-0.25, -0.2) is 0 Å². The van der Waals surface area contributed by atoms with E-state index in [-0.39, 0.29) is 12.4 Å². The van der Waals surface area contributed by atoms with E-state index < -0.39 is 0 Å². The third-order valence-electron chi connectivity index (χ3n) is 0. The van der Waals surface area contributed by atoms with E-state index >= 15 is 0 Å². The summed E-state index contributed by atoms with van der Waals surface area (Å²) < 4.78 is 0. The summed E-state index contributed by atoms with van der Waals surface area (Å²) in [4.78, 5) is 0. The molecule has 0 amide bonds. The highest BCUT2D eigenvalue weighted by Gasteiger charge is 1.51. The van der Waals surface area contributed by atoms with Crippen LogP contribution in [-0.2, 0) is 0 Å². The fraction of sp³-hybridized carbons (Fsp3) is 0.500. The summed E-state index contributed by atoms with van der Waals surface area (Å²) in [6, 6.07) is 0. The molecule has 0 aliphatic carbocycles. The van der Waals surface area contributed by atoms with Crippen LogP contribution in [0.4, 0.5) is 0 Å². The molecule has 0 aliphatic heterocycles. The van der Waals surface area contributed by atoms with Gasteiger partial charge in [0.1, 0.15) is 0 Å². The quantitative estimate of drug-likeness (QED) is 0.401. The van der Waals surface area contributed by atoms with Crippen molar-refractivity contribution in [3.05, 3.63) is 12.2 Å². The molecule has 0 fully saturated rings. The highest BCUT2D eigenvalue weighted by Crippen LogP contribution is 1.73. The Labute approximate surface area is 39.3 Å². The molecule has 32 valence electrons. The van der Waals surface area contributed by atoms with Gasteiger partial charge in [-0.05, 0) is 13.8 Å². The highest BCUT2D eigenvalue weighted by atomic mass is 35.5. The molecule has 0 rings (SSSR count). The lowest BCUT2D eigenvalue weighted by Gasteiger charge is -1.65. The standard InChI is InChI=1S/C4H8.ClH/c1-4(2)3;/h1H2,2-3H3;1H. The summed E-state index contributed by atoms with van der Waals surface area (Å²) in [7, 11) is 0. The lowest BCUT2D eigenvalue weighted by molar-refractivity contribution is 1.42. The van der Waals surface area contributed by atoms with Gasteiger partial charge >= 0.3 is 0 Å². The van der Waals surface area contributed by atoms with E-state index in [4.69, 9.17) is 0 Å². The molecule has 0 bridgehead atoms. The summed E-state index contributed by atoms with van der Waals surface area (Å²) in [5, 5.41) is 0. The zero-order chi connectivity index (χ0) is 3.58. The van der Waals surface area contributed by atoms with Crippen molar-refractivity contribution in [3.63, 3.8) is 0 Å². The normalized spacial score (nSPS) is 5.20. The number of halogens is 1. The van der Waals surface area contributed by atoms with Crippen molar-refractivity contribution in [2.24, 2.45) is 0 Å². The maximum Gasteiger partial charge on any atom is -0.0445 e. The maximum atomic E-state index is 3.56. The predicted molar refractivity (Wildman–Crippen MR) is 27.7 cm³/mol. The maximum absolute atomic E-state index is 3.56. The molecular formula is C4H9Cl. The Morgan fingerprint density at radius 3 is 1.40 bits per heavy atom. The summed E-state index contributed by atoms with van der Waals surface area (Å²) in [5.41, 5.74) is 1.17. The van der Waals surface area contributed by atoms with E-state index in [2.05, 4.69) is 6.58 Å². The molecule has 0 heterocycles. The summed E-state index contributed by atoms with van der Waals surface area (Å²) in [6.07, 6.45) is 0. The number of hydrogen-bond acceptors (Lipinski definition) is 0. The molecule has 5 heavy (non-hydrogen) atoms. The van der Waals surface area contributed by atoms with Crippen molar-refractivity contribution in [2.75, 3.05) is 0 Å². The van der Waals surface area contributed by atoms with Crippen LogP contribution in [-0.4, -0.2) is 0 Å². The Morgan fingerprint density at radius 1 is 1.40 bits per heavy atom. The Morgan fingerprint density at radius 2 is 1.40 bits per heavy atom. The van der Waals surface area contributed by atoms with Gasteiger partial charge in [0.15, 0.2) is 0 Å². The van der Waals surface area contributed by atoms with Gasteiger partial charge in [-0.3, -0.25) is 0 Å². The van der Waals surface area contributed by atoms with Crippen molar-refractivity contribution in [1.82, 2.24) is 0 Å². The second-order valence-corrected chi connectivity index (χ2v) is 1.21. The van der Waals surface area contributed by atoms with Gasteiger partial charge in [-0.15, -0.1) is 19.0 Å². The van der Waals surface area contributed by atoms with Gasteiger partial charge in [0.2, 0.25) is 0 Å². The van der Waals surface area contributed by atoms with Gasteiger partial charge in [-0.2, -0.15) is 0 Å². The lowest BCUT2D eigenvalue weighted by atomic mass is 10.4. The number of allylic oxidation sites excluding steroid dienone is 1. The fourth-order valence-corrected chi connectivity index (χ4v) is 0. The van der Waals surface area contributed by atoms with E-state index in [1.54, 1.807) is 0 Å². The van der Waals surface area contributed by atoms with Crippen LogP contribution in [0.1, 0.15) is 13.8 Å². The van der Waals surface area contributed by atoms with Crippen molar-refractivity contribution in [1.29, 1.82) is 0 Å². The average Bonchev–Trinajstić information content (AvgIpc) is 0.811. The van der Waals surface area contributed by atoms with Crippen molar-refractivity contribution in [3.8, 4) is 0 Å². The highest BCUT2D eigenvalue weighted by molar-refractivity contribution is 5.85. The lowest BCUT2D eigenvalue weighted by Crippen LogP contribution is -1.43. The van der Waals surface area contributed by atoms with Crippen LogP contribution in [0, 0.1) is 0 Å². The first-order valence-electron chi connectivity index (χ1n) is 1.35. The number of hydrogen-bond donors (Lipinski definition) is 0. The topological polar surface area (TPSA) is 0 Å². The van der Waals surface area contributed by atoms with Gasteiger partial charge < -0.3 is 0 Å². The van der Waals surface area contributed by atoms with Crippen LogP contribution in [0.3, 0.4) is 0 Å². The number of rotatable bonds is 0. The first-order chi connectivity index (χ1) is 1.73. The first kappa shape index (κ1) is 8.90. The molecule has 0 aromatic rings. The predicted octanol–water partition coefficient (Wildman–Crippen LogP) is 2.00. The zero-order valence-electron chi connectivity index (χ0n) is 3.62. The Balaban J connectivity index is 0. The minimum absolute atomic E-state index is 0. The molecule has 0 atom stereocenters. The second kappa shape index (κ2) is 4.03. The van der Waals surface area contributed by atoms with Crippen LogP contribution >= 0.6 is 12.4 Å². The minimum atomic E-state index is 0. The monoisotopic (exact) mass is 92.0 g/mol. The van der Waals surface area contributed by atoms with E-state index in [9.17, 15) is 0 Å². The van der Waals surface area contributed by atoms with Crippen molar-refractivity contribution < 1.29 is 0 Å². The van der Waals surface area contributed by atoms with Crippen LogP contribution < -0.4 is 0 Å². The Bertz CT molecular complexity index is 26.6. The van der Waals surface area contributed by atoms with E-state index in [1.807, 2.05) is 13.8 Å². The molecule has 0 aromatic heterocycles. The molecule has 0 N–H and O–H groups in total. The van der Waals surface area contributed by atoms with E-state index in [0.29, 0.717) is 0 Å². The molecule has 0 spiro atoms. The minimum Gasteiger partial charge on any atom is -0.147 e. The second-order valence-electron chi connectivity index (χ2n) is 1.21. The van der Waals surface area contributed by atoms with Gasteiger partial charge in [0.05, 0.1) is 0 Å². The van der Waals surface area contributed by atoms with E-state index in [1.165, 1.54) is 5.57 Å². The summed E-state index contributed by atoms with van der Waals surface area (Å²) in [5.74, 6) is 0. The molecule has 0 saturated carbocycles. The largest absolute Gasteiger partial charge is 0.147 e. The van der Waals surface area contributed by atoms with Crippen molar-refractivity contribution in [2.45, 2.75) is 13.8 Å². The molecule has 0 aromatic carbocycles. The molecule has 0 saturated heterocycles. The van der Waals surface area contributed by atoms with E-state index in [0.717, 1.165) is 0 Å². The van der Waals surface area contributed by atoms with Gasteiger partial charge in [0, 0.05) is 0 Å². The average molecular weight is 92.6 g/mol. The van der Waals surface area contributed by atoms with Gasteiger partial charge in [-0.1, -0.05) is 5.57 Å². The first-order valence-corrected chi connectivity index (χ1v) is 1.35. The van der Waals surface area contributed by atoms with Gasteiger partial charge in [0.25, 0.3) is 0 Å². The van der Waals surface area contributed by atoms with Crippen LogP contribution in [0.25, 0.3) is 0 Å². The van der Waals surface area contributed by atoms with Crippen molar-refractivity contribution >= 4 is 12.4 Å². The molecular weight excluding hydrogens is 83.5 g/mol. The smallest absolute Gasteiger partial charge is 0.0445 e. The van der Waals surface area contributed by atoms with Crippen LogP contribution in [0.15, 0.2) is 12.2 Å². The van der Waals surface area contributed by atoms with Crippen LogP contribution in [0.2, 0.25) is 0 Å². The Kier molecular flexibility index (Phi) is 7.17. The SMILES string of the molecule is C=C(C)C.Cl. The molecule has 1 heteroatoms. The molecule has 0 radical (unpaired) electrons. The summed E-state index contributed by atoms with van der Waals surface area (Å²) in [6.45, 7) is 7.50. The Hall–Kier alpha value is 0.0300. The summed E-state index contributed by atoms with van der Waals surface area (Å²) >= 11 is 0.